The van der Waals surface area contributed by atoms with Crippen LogP contribution in [0.15, 0.2) is 59.1 Å². The molecule has 0 spiro atoms. The van der Waals surface area contributed by atoms with E-state index in [9.17, 15) is 14.4 Å². The third-order valence-corrected chi connectivity index (χ3v) is 4.89. The van der Waals surface area contributed by atoms with Crippen LogP contribution in [0.1, 0.15) is 34.7 Å². The van der Waals surface area contributed by atoms with Crippen molar-refractivity contribution in [2.24, 2.45) is 5.92 Å². The Kier molecular flexibility index (Phi) is 7.73. The number of hydrogen-bond acceptors (Lipinski definition) is 5. The Balaban J connectivity index is 2.31. The summed E-state index contributed by atoms with van der Waals surface area (Å²) in [4.78, 5) is 36.9. The van der Waals surface area contributed by atoms with E-state index in [4.69, 9.17) is 9.47 Å². The zero-order valence-corrected chi connectivity index (χ0v) is 16.8. The van der Waals surface area contributed by atoms with Gasteiger partial charge in [-0.2, -0.15) is 0 Å². The highest BCUT2D eigenvalue weighted by Crippen LogP contribution is 2.31. The van der Waals surface area contributed by atoms with Gasteiger partial charge in [-0.3, -0.25) is 14.4 Å². The third-order valence-electron chi connectivity index (χ3n) is 4.36. The quantitative estimate of drug-likeness (QED) is 0.355. The molecule has 27 heavy (non-hydrogen) atoms. The van der Waals surface area contributed by atoms with Crippen LogP contribution in [0.2, 0.25) is 0 Å². The molecule has 0 aliphatic carbocycles. The van der Waals surface area contributed by atoms with Crippen molar-refractivity contribution < 1.29 is 23.9 Å². The molecule has 1 unspecified atom stereocenters. The Labute approximate surface area is 166 Å². The zero-order valence-electron chi connectivity index (χ0n) is 15.2. The molecule has 0 heterocycles. The minimum atomic E-state index is -1.09. The molecule has 6 heteroatoms. The van der Waals surface area contributed by atoms with E-state index >= 15 is 0 Å². The average molecular weight is 433 g/mol. The molecule has 5 nitrogen and oxygen atoms in total. The lowest BCUT2D eigenvalue weighted by atomic mass is 9.84. The van der Waals surface area contributed by atoms with Crippen LogP contribution in [0.3, 0.4) is 0 Å². The second-order valence-electron chi connectivity index (χ2n) is 6.08. The lowest BCUT2D eigenvalue weighted by molar-refractivity contribution is -0.159. The summed E-state index contributed by atoms with van der Waals surface area (Å²) in [5.74, 6) is -2.82. The fraction of sp³-hybridized carbons (Fsp3) is 0.286. The monoisotopic (exact) mass is 432 g/mol. The highest BCUT2D eigenvalue weighted by molar-refractivity contribution is 9.10. The van der Waals surface area contributed by atoms with Crippen LogP contribution in [0, 0.1) is 5.92 Å². The van der Waals surface area contributed by atoms with Crippen molar-refractivity contribution in [3.8, 4) is 0 Å². The number of ketones is 1. The second-order valence-corrected chi connectivity index (χ2v) is 6.99. The van der Waals surface area contributed by atoms with E-state index < -0.39 is 17.9 Å². The largest absolute Gasteiger partial charge is 0.468 e. The molecule has 0 aliphatic rings. The number of rotatable bonds is 8. The summed E-state index contributed by atoms with van der Waals surface area (Å²) in [7, 11) is 2.45. The lowest BCUT2D eigenvalue weighted by Gasteiger charge is -2.21. The molecule has 2 aromatic carbocycles. The smallest absolute Gasteiger partial charge is 0.320 e. The summed E-state index contributed by atoms with van der Waals surface area (Å²) >= 11 is 3.39. The molecule has 2 aromatic rings. The molecule has 0 radical (unpaired) electrons. The van der Waals surface area contributed by atoms with E-state index in [1.165, 1.54) is 14.2 Å². The van der Waals surface area contributed by atoms with E-state index in [0.717, 1.165) is 10.0 Å². The summed E-state index contributed by atoms with van der Waals surface area (Å²) < 4.78 is 10.4. The normalized spacial score (nSPS) is 11.7. The molecule has 0 N–H and O–H groups in total. The molecule has 0 aromatic heterocycles. The van der Waals surface area contributed by atoms with Gasteiger partial charge in [0.15, 0.2) is 11.7 Å². The molecule has 1 atom stereocenters. The van der Waals surface area contributed by atoms with Gasteiger partial charge in [0.1, 0.15) is 0 Å². The van der Waals surface area contributed by atoms with E-state index in [1.54, 1.807) is 24.3 Å². The van der Waals surface area contributed by atoms with E-state index in [1.807, 2.05) is 30.3 Å². The van der Waals surface area contributed by atoms with Gasteiger partial charge in [-0.05, 0) is 30.0 Å². The van der Waals surface area contributed by atoms with E-state index in [2.05, 4.69) is 15.9 Å². The minimum Gasteiger partial charge on any atom is -0.468 e. The van der Waals surface area contributed by atoms with Gasteiger partial charge in [-0.1, -0.05) is 58.4 Å². The Morgan fingerprint density at radius 3 is 1.96 bits per heavy atom. The number of Topliss-reactive ketones (excluding diaryl/α,β-unsaturated/α-hetero) is 1. The molecule has 0 saturated heterocycles. The first-order chi connectivity index (χ1) is 13.0. The molecule has 142 valence electrons. The highest BCUT2D eigenvalue weighted by atomic mass is 79.9. The average Bonchev–Trinajstić information content (AvgIpc) is 2.71. The van der Waals surface area contributed by atoms with Crippen molar-refractivity contribution in [3.05, 3.63) is 70.2 Å². The van der Waals surface area contributed by atoms with Crippen molar-refractivity contribution in [2.75, 3.05) is 14.2 Å². The minimum absolute atomic E-state index is 0.0583. The van der Waals surface area contributed by atoms with Crippen LogP contribution in [0.25, 0.3) is 0 Å². The molecule has 0 amide bonds. The summed E-state index contributed by atoms with van der Waals surface area (Å²) in [6.07, 6.45) is 0.287. The number of esters is 2. The topological polar surface area (TPSA) is 69.7 Å². The van der Waals surface area contributed by atoms with Gasteiger partial charge in [0, 0.05) is 16.5 Å². The second kappa shape index (κ2) is 10.0. The van der Waals surface area contributed by atoms with Crippen molar-refractivity contribution >= 4 is 33.7 Å². The Morgan fingerprint density at radius 2 is 1.44 bits per heavy atom. The van der Waals surface area contributed by atoms with Gasteiger partial charge < -0.3 is 9.47 Å². The van der Waals surface area contributed by atoms with Crippen molar-refractivity contribution in [3.63, 3.8) is 0 Å². The Morgan fingerprint density at radius 1 is 0.889 bits per heavy atom. The molecular weight excluding hydrogens is 412 g/mol. The fourth-order valence-corrected chi connectivity index (χ4v) is 3.16. The van der Waals surface area contributed by atoms with Crippen LogP contribution in [0.4, 0.5) is 0 Å². The van der Waals surface area contributed by atoms with E-state index in [0.29, 0.717) is 5.56 Å². The molecule has 0 saturated carbocycles. The number of methoxy groups -OCH3 is 2. The third kappa shape index (κ3) is 5.76. The molecule has 0 bridgehead atoms. The number of ether oxygens (including phenoxy) is 2. The first-order valence-electron chi connectivity index (χ1n) is 8.45. The van der Waals surface area contributed by atoms with Gasteiger partial charge in [-0.25, -0.2) is 0 Å². The molecular formula is C21H21BrO5. The van der Waals surface area contributed by atoms with Gasteiger partial charge in [0.25, 0.3) is 0 Å². The molecule has 0 fully saturated rings. The number of carbonyl (C=O) groups is 3. The van der Waals surface area contributed by atoms with E-state index in [-0.39, 0.29) is 24.5 Å². The fourth-order valence-electron chi connectivity index (χ4n) is 2.90. The van der Waals surface area contributed by atoms with Crippen LogP contribution in [-0.2, 0) is 19.1 Å². The first kappa shape index (κ1) is 20.8. The van der Waals surface area contributed by atoms with Crippen LogP contribution in [-0.4, -0.2) is 31.9 Å². The summed E-state index contributed by atoms with van der Waals surface area (Å²) in [5.41, 5.74) is 1.45. The molecule has 0 aliphatic heterocycles. The van der Waals surface area contributed by atoms with Gasteiger partial charge >= 0.3 is 11.9 Å². The highest BCUT2D eigenvalue weighted by Gasteiger charge is 2.33. The maximum Gasteiger partial charge on any atom is 0.320 e. The van der Waals surface area contributed by atoms with Crippen molar-refractivity contribution in [2.45, 2.75) is 18.8 Å². The number of halogens is 1. The van der Waals surface area contributed by atoms with Crippen LogP contribution < -0.4 is 0 Å². The zero-order chi connectivity index (χ0) is 19.8. The van der Waals surface area contributed by atoms with Gasteiger partial charge in [0.05, 0.1) is 14.2 Å². The Bertz CT molecular complexity index is 770. The predicted octanol–water partition coefficient (Wildman–Crippen LogP) is 4.16. The number of hydrogen-bond donors (Lipinski definition) is 0. The molecule has 2 rings (SSSR count). The van der Waals surface area contributed by atoms with Crippen molar-refractivity contribution in [1.29, 1.82) is 0 Å². The van der Waals surface area contributed by atoms with Gasteiger partial charge in [0.2, 0.25) is 0 Å². The Hall–Kier alpha value is -2.47. The summed E-state index contributed by atoms with van der Waals surface area (Å²) in [5, 5.41) is 0. The maximum atomic E-state index is 12.7. The number of benzene rings is 2. The predicted molar refractivity (Wildman–Crippen MR) is 104 cm³/mol. The SMILES string of the molecule is COC(=O)C(CC(CC(=O)c1ccccc1)c1ccc(Br)cc1)C(=O)OC. The summed E-state index contributed by atoms with van der Waals surface area (Å²) in [6, 6.07) is 16.4. The standard InChI is InChI=1S/C21H21BrO5/c1-26-20(24)18(21(25)27-2)12-16(14-8-10-17(22)11-9-14)13-19(23)15-6-4-3-5-7-15/h3-11,16,18H,12-13H2,1-2H3. The summed E-state index contributed by atoms with van der Waals surface area (Å²) in [6.45, 7) is 0. The lowest BCUT2D eigenvalue weighted by Crippen LogP contribution is -2.29. The number of carbonyl (C=O) groups excluding carboxylic acids is 3. The first-order valence-corrected chi connectivity index (χ1v) is 9.25. The maximum absolute atomic E-state index is 12.7. The van der Waals surface area contributed by atoms with Gasteiger partial charge in [-0.15, -0.1) is 0 Å². The van der Waals surface area contributed by atoms with Crippen LogP contribution in [0.5, 0.6) is 0 Å². The van der Waals surface area contributed by atoms with Crippen LogP contribution >= 0.6 is 15.9 Å². The van der Waals surface area contributed by atoms with Crippen molar-refractivity contribution in [1.82, 2.24) is 0 Å².